The number of aliphatic hydroxyl groups excluding tert-OH is 1. The average molecular weight is 587 g/mol. The number of aromatic nitrogens is 6. The van der Waals surface area contributed by atoms with Crippen molar-refractivity contribution in [2.45, 2.75) is 17.8 Å². The predicted molar refractivity (Wildman–Crippen MR) is 145 cm³/mol. The molecule has 5 rings (SSSR count). The van der Waals surface area contributed by atoms with Crippen LogP contribution in [0, 0.1) is 5.82 Å². The summed E-state index contributed by atoms with van der Waals surface area (Å²) in [5, 5.41) is 17.8. The highest BCUT2D eigenvalue weighted by Crippen LogP contribution is 2.38. The Labute approximate surface area is 234 Å². The molecular formula is C25H27FN8O6S. The highest BCUT2D eigenvalue weighted by atomic mass is 32.2. The molecule has 1 aliphatic rings. The Hall–Kier alpha value is -4.57. The number of hydrogen-bond acceptors (Lipinski definition) is 12. The smallest absolute Gasteiger partial charge is 0.243 e. The molecule has 1 aromatic carbocycles. The molecule has 41 heavy (non-hydrogen) atoms. The van der Waals surface area contributed by atoms with Crippen molar-refractivity contribution in [2.24, 2.45) is 0 Å². The van der Waals surface area contributed by atoms with E-state index in [2.05, 4.69) is 29.9 Å². The second-order valence-electron chi connectivity index (χ2n) is 9.02. The van der Waals surface area contributed by atoms with E-state index >= 15 is 0 Å². The lowest BCUT2D eigenvalue weighted by atomic mass is 10.1. The van der Waals surface area contributed by atoms with Gasteiger partial charge < -0.3 is 24.2 Å². The normalized spacial score (nSPS) is 17.2. The molecule has 1 saturated heterocycles. The third kappa shape index (κ3) is 5.69. The molecule has 16 heteroatoms. The van der Waals surface area contributed by atoms with E-state index in [4.69, 9.17) is 14.2 Å². The van der Waals surface area contributed by atoms with Crippen LogP contribution in [0.4, 0.5) is 16.3 Å². The molecule has 4 aromatic rings. The lowest BCUT2D eigenvalue weighted by Gasteiger charge is -2.35. The highest BCUT2D eigenvalue weighted by Gasteiger charge is 2.37. The van der Waals surface area contributed by atoms with Gasteiger partial charge in [0.05, 0.1) is 39.8 Å². The van der Waals surface area contributed by atoms with E-state index in [-0.39, 0.29) is 37.2 Å². The van der Waals surface area contributed by atoms with E-state index in [0.717, 1.165) is 12.4 Å². The van der Waals surface area contributed by atoms with Gasteiger partial charge in [-0.1, -0.05) is 12.1 Å². The minimum Gasteiger partial charge on any atom is -0.494 e. The first-order chi connectivity index (χ1) is 19.7. The van der Waals surface area contributed by atoms with E-state index in [9.17, 15) is 17.9 Å². The quantitative estimate of drug-likeness (QED) is 0.292. The van der Waals surface area contributed by atoms with Crippen molar-refractivity contribution in [3.05, 3.63) is 54.6 Å². The van der Waals surface area contributed by atoms with Gasteiger partial charge in [0.25, 0.3) is 0 Å². The molecule has 0 amide bonds. The van der Waals surface area contributed by atoms with Gasteiger partial charge in [0.15, 0.2) is 11.6 Å². The zero-order valence-corrected chi connectivity index (χ0v) is 23.1. The van der Waals surface area contributed by atoms with E-state index in [1.165, 1.54) is 30.8 Å². The second kappa shape index (κ2) is 11.5. The summed E-state index contributed by atoms with van der Waals surface area (Å²) in [5.74, 6) is 0.475. The molecule has 3 aromatic heterocycles. The van der Waals surface area contributed by atoms with Gasteiger partial charge in [-0.25, -0.2) is 27.8 Å². The summed E-state index contributed by atoms with van der Waals surface area (Å²) >= 11 is 0. The van der Waals surface area contributed by atoms with Crippen molar-refractivity contribution in [1.29, 1.82) is 0 Å². The maximum Gasteiger partial charge on any atom is 0.243 e. The van der Waals surface area contributed by atoms with Crippen molar-refractivity contribution in [3.8, 4) is 34.6 Å². The number of hydrogen-bond donors (Lipinski definition) is 2. The largest absolute Gasteiger partial charge is 0.494 e. The molecule has 0 unspecified atom stereocenters. The number of anilines is 2. The third-order valence-corrected chi connectivity index (χ3v) is 8.09. The lowest BCUT2D eigenvalue weighted by Crippen LogP contribution is -2.50. The van der Waals surface area contributed by atoms with Crippen molar-refractivity contribution >= 4 is 21.9 Å². The van der Waals surface area contributed by atoms with E-state index in [1.807, 2.05) is 0 Å². The molecule has 2 N–H and O–H groups in total. The Morgan fingerprint density at radius 1 is 0.976 bits per heavy atom. The van der Waals surface area contributed by atoms with Crippen molar-refractivity contribution in [2.75, 3.05) is 44.0 Å². The maximum absolute atomic E-state index is 13.7. The molecule has 0 saturated carbocycles. The zero-order valence-electron chi connectivity index (χ0n) is 22.3. The molecular weight excluding hydrogens is 559 g/mol. The number of nitrogens with zero attached hydrogens (tertiary/aromatic N) is 7. The van der Waals surface area contributed by atoms with E-state index in [0.29, 0.717) is 28.8 Å². The van der Waals surface area contributed by atoms with E-state index in [1.54, 1.807) is 36.4 Å². The van der Waals surface area contributed by atoms with Crippen LogP contribution in [0.3, 0.4) is 0 Å². The van der Waals surface area contributed by atoms with Crippen molar-refractivity contribution < 1.29 is 32.1 Å². The number of nitrogens with one attached hydrogen (secondary N) is 1. The van der Waals surface area contributed by atoms with Crippen molar-refractivity contribution in [1.82, 2.24) is 29.7 Å². The van der Waals surface area contributed by atoms with Crippen LogP contribution < -0.4 is 23.8 Å². The van der Waals surface area contributed by atoms with Crippen LogP contribution in [-0.4, -0.2) is 89.0 Å². The monoisotopic (exact) mass is 586 g/mol. The number of aliphatic hydroxyl groups is 1. The molecule has 0 spiro atoms. The van der Waals surface area contributed by atoms with Gasteiger partial charge in [0.1, 0.15) is 28.1 Å². The van der Waals surface area contributed by atoms with Gasteiger partial charge in [0, 0.05) is 19.2 Å². The zero-order chi connectivity index (χ0) is 29.1. The first-order valence-electron chi connectivity index (χ1n) is 12.3. The second-order valence-corrected chi connectivity index (χ2v) is 11.0. The van der Waals surface area contributed by atoms with Crippen LogP contribution in [0.15, 0.2) is 48.8 Å². The third-order valence-electron chi connectivity index (χ3n) is 6.40. The topological polar surface area (TPSA) is 167 Å². The number of rotatable bonds is 9. The molecule has 14 nitrogen and oxygen atoms in total. The van der Waals surface area contributed by atoms with Gasteiger partial charge in [-0.3, -0.25) is 9.29 Å². The number of para-hydroxylation sites is 1. The molecule has 0 aliphatic carbocycles. The molecule has 216 valence electrons. The van der Waals surface area contributed by atoms with Gasteiger partial charge in [-0.05, 0) is 24.6 Å². The van der Waals surface area contributed by atoms with Crippen LogP contribution in [0.25, 0.3) is 17.2 Å². The molecule has 1 fully saturated rings. The van der Waals surface area contributed by atoms with Crippen LogP contribution in [0.5, 0.6) is 17.4 Å². The molecule has 1 aliphatic heterocycles. The van der Waals surface area contributed by atoms with Gasteiger partial charge in [-0.15, -0.1) is 10.2 Å². The summed E-state index contributed by atoms with van der Waals surface area (Å²) in [7, 11) is 0.197. The molecule has 4 heterocycles. The van der Waals surface area contributed by atoms with Crippen LogP contribution in [0.1, 0.15) is 6.42 Å². The summed E-state index contributed by atoms with van der Waals surface area (Å²) in [4.78, 5) is 13.8. The fraction of sp³-hybridized carbons (Fsp3) is 0.320. The molecule has 0 bridgehead atoms. The Bertz CT molecular complexity index is 1610. The number of pyridine rings is 1. The summed E-state index contributed by atoms with van der Waals surface area (Å²) in [6.07, 6.45) is 0.872. The Morgan fingerprint density at radius 2 is 1.66 bits per heavy atom. The Balaban J connectivity index is 1.57. The Kier molecular flexibility index (Phi) is 7.85. The SMILES string of the molecule is COc1cccc(-c2nnc(NS(=O)(=O)[C@@H]3C[C@H](O)CN(c4ncc(F)cn4)C3)n2-c2c(OC)cccc2OC)n1. The summed E-state index contributed by atoms with van der Waals surface area (Å²) in [6, 6.07) is 10.1. The molecule has 0 radical (unpaired) electrons. The number of sulfonamides is 1. The number of benzene rings is 1. The first-order valence-corrected chi connectivity index (χ1v) is 13.9. The number of β-amino-alcohol motifs (C(OH)–C–C–N with tert-alkyl or cyclic N) is 1. The standard InChI is InChI=1S/C25H27FN8O6S/c1-38-19-7-5-8-20(39-2)22(19)34-23(18-6-4-9-21(29-18)40-3)30-31-25(34)32-41(36,37)17-10-16(35)13-33(14-17)24-27-11-15(26)12-28-24/h4-9,11-12,16-17,35H,10,13-14H2,1-3H3,(H,31,32)/t16-,17+/m0/s1. The number of halogens is 1. The maximum atomic E-state index is 13.7. The van der Waals surface area contributed by atoms with Crippen LogP contribution in [0.2, 0.25) is 0 Å². The number of piperidine rings is 1. The van der Waals surface area contributed by atoms with Crippen LogP contribution in [-0.2, 0) is 10.0 Å². The van der Waals surface area contributed by atoms with E-state index < -0.39 is 27.2 Å². The fourth-order valence-corrected chi connectivity index (χ4v) is 5.93. The average Bonchev–Trinajstić information content (AvgIpc) is 3.38. The fourth-order valence-electron chi connectivity index (χ4n) is 4.53. The lowest BCUT2D eigenvalue weighted by molar-refractivity contribution is 0.154. The summed E-state index contributed by atoms with van der Waals surface area (Å²) in [6.45, 7) is 0.0202. The minimum atomic E-state index is -4.20. The van der Waals surface area contributed by atoms with Crippen LogP contribution >= 0.6 is 0 Å². The summed E-state index contributed by atoms with van der Waals surface area (Å²) in [5.41, 5.74) is 0.660. The van der Waals surface area contributed by atoms with Gasteiger partial charge >= 0.3 is 0 Å². The first kappa shape index (κ1) is 28.0. The van der Waals surface area contributed by atoms with Crippen molar-refractivity contribution in [3.63, 3.8) is 0 Å². The number of methoxy groups -OCH3 is 3. The predicted octanol–water partition coefficient (Wildman–Crippen LogP) is 1.67. The number of ether oxygens (including phenoxy) is 3. The molecule has 2 atom stereocenters. The van der Waals surface area contributed by atoms with Gasteiger partial charge in [-0.2, -0.15) is 0 Å². The Morgan fingerprint density at radius 3 is 2.32 bits per heavy atom. The van der Waals surface area contributed by atoms with Gasteiger partial charge in [0.2, 0.25) is 27.8 Å². The minimum absolute atomic E-state index is 0.0611. The highest BCUT2D eigenvalue weighted by molar-refractivity contribution is 7.93. The summed E-state index contributed by atoms with van der Waals surface area (Å²) < 4.78 is 61.2.